The number of likely N-dealkylation sites (tertiary alicyclic amines) is 1. The van der Waals surface area contributed by atoms with E-state index in [9.17, 15) is 19.5 Å². The molecule has 2 unspecified atom stereocenters. The number of ether oxygens (including phenoxy) is 1. The van der Waals surface area contributed by atoms with Crippen molar-refractivity contribution in [3.8, 4) is 0 Å². The summed E-state index contributed by atoms with van der Waals surface area (Å²) in [5, 5.41) is 9.22. The van der Waals surface area contributed by atoms with Crippen LogP contribution >= 0.6 is 11.8 Å². The number of hydrogen-bond acceptors (Lipinski definition) is 7. The molecule has 236 valence electrons. The number of morpholine rings is 1. The Kier molecular flexibility index (Phi) is 11.6. The van der Waals surface area contributed by atoms with Gasteiger partial charge in [0.1, 0.15) is 6.04 Å². The van der Waals surface area contributed by atoms with Crippen LogP contribution in [0, 0.1) is 11.8 Å². The lowest BCUT2D eigenvalue weighted by atomic mass is 9.66. The number of aliphatic hydroxyl groups is 1. The zero-order valence-corrected chi connectivity index (χ0v) is 26.6. The van der Waals surface area contributed by atoms with Gasteiger partial charge in [-0.05, 0) is 39.0 Å². The second-order valence-corrected chi connectivity index (χ2v) is 14.4. The highest BCUT2D eigenvalue weighted by atomic mass is 32.2. The van der Waals surface area contributed by atoms with Crippen LogP contribution < -0.4 is 0 Å². The number of amides is 3. The molecule has 0 radical (unpaired) electrons. The Balaban J connectivity index is 1.65. The first-order valence-corrected chi connectivity index (χ1v) is 16.8. The first-order valence-electron chi connectivity index (χ1n) is 16.0. The van der Waals surface area contributed by atoms with E-state index in [1.165, 1.54) is 0 Å². The molecule has 9 nitrogen and oxygen atoms in total. The molecule has 0 aromatic carbocycles. The minimum absolute atomic E-state index is 0.0178. The van der Waals surface area contributed by atoms with Crippen LogP contribution in [0.25, 0.3) is 0 Å². The number of hydrogen-bond donors (Lipinski definition) is 1. The van der Waals surface area contributed by atoms with Gasteiger partial charge in [0, 0.05) is 63.7 Å². The van der Waals surface area contributed by atoms with Crippen LogP contribution in [0.5, 0.6) is 0 Å². The summed E-state index contributed by atoms with van der Waals surface area (Å²) < 4.78 is 4.51. The fraction of sp³-hybridized carbons (Fsp3) is 0.781. The predicted molar refractivity (Wildman–Crippen MR) is 167 cm³/mol. The summed E-state index contributed by atoms with van der Waals surface area (Å²) in [5.74, 6) is -0.986. The molecule has 4 fully saturated rings. The number of carbonyl (C=O) groups excluding carboxylic acids is 3. The van der Waals surface area contributed by atoms with Crippen LogP contribution in [-0.4, -0.2) is 130 Å². The molecule has 5 atom stereocenters. The lowest BCUT2D eigenvalue weighted by Gasteiger charge is -2.38. The van der Waals surface area contributed by atoms with Gasteiger partial charge in [-0.15, -0.1) is 24.9 Å². The molecule has 1 spiro atoms. The maximum atomic E-state index is 14.6. The molecule has 42 heavy (non-hydrogen) atoms. The van der Waals surface area contributed by atoms with Crippen LogP contribution in [0.1, 0.15) is 58.8 Å². The molecule has 0 aromatic rings. The fourth-order valence-electron chi connectivity index (χ4n) is 7.69. The van der Waals surface area contributed by atoms with Crippen molar-refractivity contribution in [3.05, 3.63) is 25.3 Å². The third-order valence-corrected chi connectivity index (χ3v) is 11.7. The highest BCUT2D eigenvalue weighted by Crippen LogP contribution is 2.71. The number of unbranched alkanes of at least 4 members (excludes halogenated alkanes) is 3. The largest absolute Gasteiger partial charge is 0.396 e. The van der Waals surface area contributed by atoms with Gasteiger partial charge in [-0.25, -0.2) is 0 Å². The van der Waals surface area contributed by atoms with Crippen LogP contribution in [-0.2, 0) is 19.1 Å². The van der Waals surface area contributed by atoms with E-state index >= 15 is 0 Å². The SMILES string of the molecule is C=CCN(CCN1CCOCC1)C(=O)C1N(CCCCCCO)C(=O)[C@@H]2[C@H](C(=O)N(CC=C)CCC)[C@]3(C)CCC12S3. The molecule has 4 saturated heterocycles. The van der Waals surface area contributed by atoms with Crippen LogP contribution in [0.2, 0.25) is 0 Å². The minimum Gasteiger partial charge on any atom is -0.396 e. The maximum Gasteiger partial charge on any atom is 0.247 e. The van der Waals surface area contributed by atoms with Crippen molar-refractivity contribution in [3.63, 3.8) is 0 Å². The third-order valence-electron chi connectivity index (χ3n) is 9.69. The van der Waals surface area contributed by atoms with E-state index in [1.807, 2.05) is 14.7 Å². The lowest BCUT2D eigenvalue weighted by Crippen LogP contribution is -2.56. The Bertz CT molecular complexity index is 990. The van der Waals surface area contributed by atoms with Crippen molar-refractivity contribution in [1.82, 2.24) is 19.6 Å². The second-order valence-electron chi connectivity index (χ2n) is 12.5. The minimum atomic E-state index is -0.612. The standard InChI is InChI=1S/C32H52N4O5S/c1-5-14-34(15-6-2)28(38)25-26-29(39)36(17-10-8-9-11-22-37)27(32(26)13-12-31(25,4)42-32)30(40)35(16-7-3)19-18-33-20-23-41-24-21-33/h5,7,25-27,37H,1,3,6,8-24H2,2,4H3/t25-,26+,27?,31+,32?/m1/s1. The summed E-state index contributed by atoms with van der Waals surface area (Å²) in [6.45, 7) is 18.6. The molecule has 4 aliphatic rings. The molecular weight excluding hydrogens is 552 g/mol. The zero-order chi connectivity index (χ0) is 30.3. The number of fused-ring (bicyclic) bond motifs is 1. The monoisotopic (exact) mass is 604 g/mol. The predicted octanol–water partition coefficient (Wildman–Crippen LogP) is 2.79. The molecule has 3 amide bonds. The Morgan fingerprint density at radius 3 is 2.33 bits per heavy atom. The normalized spacial score (nSPS) is 30.4. The topological polar surface area (TPSA) is 93.6 Å². The van der Waals surface area contributed by atoms with Crippen molar-refractivity contribution in [1.29, 1.82) is 0 Å². The van der Waals surface area contributed by atoms with E-state index in [4.69, 9.17) is 4.74 Å². The highest BCUT2D eigenvalue weighted by molar-refractivity contribution is 8.02. The third kappa shape index (κ3) is 6.47. The van der Waals surface area contributed by atoms with Gasteiger partial charge < -0.3 is 24.5 Å². The maximum absolute atomic E-state index is 14.6. The van der Waals surface area contributed by atoms with Gasteiger partial charge >= 0.3 is 0 Å². The number of nitrogens with zero attached hydrogens (tertiary/aromatic N) is 4. The number of carbonyl (C=O) groups is 3. The van der Waals surface area contributed by atoms with E-state index in [1.54, 1.807) is 23.9 Å². The average molecular weight is 605 g/mol. The van der Waals surface area contributed by atoms with Gasteiger partial charge in [0.05, 0.1) is 29.8 Å². The van der Waals surface area contributed by atoms with Gasteiger partial charge in [0.25, 0.3) is 0 Å². The quantitative estimate of drug-likeness (QED) is 0.202. The molecule has 4 heterocycles. The van der Waals surface area contributed by atoms with Crippen molar-refractivity contribution in [2.75, 3.05) is 72.2 Å². The van der Waals surface area contributed by atoms with Crippen LogP contribution in [0.3, 0.4) is 0 Å². The van der Waals surface area contributed by atoms with E-state index in [-0.39, 0.29) is 29.1 Å². The molecule has 4 aliphatic heterocycles. The van der Waals surface area contributed by atoms with Crippen LogP contribution in [0.15, 0.2) is 25.3 Å². The fourth-order valence-corrected chi connectivity index (χ4v) is 10.0. The summed E-state index contributed by atoms with van der Waals surface area (Å²) in [6.07, 6.45) is 9.21. The van der Waals surface area contributed by atoms with Gasteiger partial charge in [-0.2, -0.15) is 0 Å². The molecular formula is C32H52N4O5S. The van der Waals surface area contributed by atoms with E-state index in [0.717, 1.165) is 64.6 Å². The molecule has 10 heteroatoms. The van der Waals surface area contributed by atoms with Gasteiger partial charge in [0.2, 0.25) is 17.7 Å². The summed E-state index contributed by atoms with van der Waals surface area (Å²) in [6, 6.07) is -0.596. The molecule has 1 N–H and O–H groups in total. The highest BCUT2D eigenvalue weighted by Gasteiger charge is 2.77. The lowest BCUT2D eigenvalue weighted by molar-refractivity contribution is -0.145. The van der Waals surface area contributed by atoms with Crippen LogP contribution in [0.4, 0.5) is 0 Å². The second kappa shape index (κ2) is 14.7. The Morgan fingerprint density at radius 1 is 1.02 bits per heavy atom. The summed E-state index contributed by atoms with van der Waals surface area (Å²) in [7, 11) is 0. The van der Waals surface area contributed by atoms with Crippen molar-refractivity contribution >= 4 is 29.5 Å². The Labute approximate surface area is 256 Å². The number of aliphatic hydroxyl groups excluding tert-OH is 1. The molecule has 2 bridgehead atoms. The van der Waals surface area contributed by atoms with E-state index in [0.29, 0.717) is 45.9 Å². The summed E-state index contributed by atoms with van der Waals surface area (Å²) >= 11 is 1.75. The smallest absolute Gasteiger partial charge is 0.247 e. The first-order chi connectivity index (χ1) is 20.3. The van der Waals surface area contributed by atoms with Gasteiger partial charge in [-0.3, -0.25) is 19.3 Å². The van der Waals surface area contributed by atoms with Crippen molar-refractivity contribution < 1.29 is 24.2 Å². The zero-order valence-electron chi connectivity index (χ0n) is 25.8. The Morgan fingerprint density at radius 2 is 1.69 bits per heavy atom. The van der Waals surface area contributed by atoms with E-state index < -0.39 is 22.6 Å². The van der Waals surface area contributed by atoms with Gasteiger partial charge in [-0.1, -0.05) is 31.9 Å². The summed E-state index contributed by atoms with van der Waals surface area (Å²) in [5.41, 5.74) is 0. The summed E-state index contributed by atoms with van der Waals surface area (Å²) in [4.78, 5) is 51.2. The van der Waals surface area contributed by atoms with Crippen molar-refractivity contribution in [2.45, 2.75) is 74.3 Å². The molecule has 4 rings (SSSR count). The average Bonchev–Trinajstić information content (AvgIpc) is 3.55. The molecule has 0 aromatic heterocycles. The number of rotatable bonds is 17. The van der Waals surface area contributed by atoms with E-state index in [2.05, 4.69) is 31.9 Å². The first kappa shape index (κ1) is 33.0. The van der Waals surface area contributed by atoms with Crippen molar-refractivity contribution in [2.24, 2.45) is 11.8 Å². The molecule has 0 saturated carbocycles. The number of thioether (sulfide) groups is 1. The Hall–Kier alpha value is -1.88. The molecule has 0 aliphatic carbocycles. The van der Waals surface area contributed by atoms with Gasteiger partial charge in [0.15, 0.2) is 0 Å².